The maximum atomic E-state index is 11.7. The molecule has 0 spiro atoms. The molecule has 134 valence electrons. The van der Waals surface area contributed by atoms with Gasteiger partial charge in [0.1, 0.15) is 18.1 Å². The van der Waals surface area contributed by atoms with Crippen LogP contribution in [0.3, 0.4) is 0 Å². The van der Waals surface area contributed by atoms with Crippen LogP contribution in [-0.4, -0.2) is 24.8 Å². The molecule has 1 N–H and O–H groups in total. The zero-order valence-corrected chi connectivity index (χ0v) is 14.6. The van der Waals surface area contributed by atoms with Gasteiger partial charge in [-0.15, -0.1) is 0 Å². The fourth-order valence-electron chi connectivity index (χ4n) is 2.12. The van der Waals surface area contributed by atoms with Crippen molar-refractivity contribution in [1.29, 1.82) is 0 Å². The molecule has 2 aromatic carbocycles. The summed E-state index contributed by atoms with van der Waals surface area (Å²) in [4.78, 5) is 15.1. The molecule has 0 unspecified atom stereocenters. The second-order valence-electron chi connectivity index (χ2n) is 5.34. The van der Waals surface area contributed by atoms with Crippen LogP contribution in [0.4, 0.5) is 5.69 Å². The average Bonchev–Trinajstić information content (AvgIpc) is 2.67. The molecule has 0 saturated heterocycles. The molecular weight excluding hydrogens is 334 g/mol. The lowest BCUT2D eigenvalue weighted by molar-refractivity contribution is -0.138. The largest absolute Gasteiger partial charge is 0.490 e. The van der Waals surface area contributed by atoms with Crippen molar-refractivity contribution in [3.8, 4) is 11.5 Å². The summed E-state index contributed by atoms with van der Waals surface area (Å²) < 4.78 is 15.9. The predicted molar refractivity (Wildman–Crippen MR) is 96.0 cm³/mol. The third kappa shape index (κ3) is 5.10. The third-order valence-electron chi connectivity index (χ3n) is 3.49. The van der Waals surface area contributed by atoms with E-state index >= 15 is 0 Å². The number of benzene rings is 2. The van der Waals surface area contributed by atoms with Gasteiger partial charge in [0, 0.05) is 0 Å². The molecule has 6 heteroatoms. The highest BCUT2D eigenvalue weighted by Crippen LogP contribution is 2.24. The molecular formula is C20H19NO5. The number of ether oxygens (including phenoxy) is 3. The quantitative estimate of drug-likeness (QED) is 0.357. The number of aliphatic hydroxyl groups excluding tert-OH is 1. The van der Waals surface area contributed by atoms with Gasteiger partial charge < -0.3 is 19.3 Å². The minimum atomic E-state index is -0.670. The average molecular weight is 353 g/mol. The highest BCUT2D eigenvalue weighted by molar-refractivity contribution is 5.86. The Kier molecular flexibility index (Phi) is 6.77. The van der Waals surface area contributed by atoms with E-state index in [0.717, 1.165) is 11.1 Å². The second-order valence-corrected chi connectivity index (χ2v) is 5.34. The van der Waals surface area contributed by atoms with Crippen LogP contribution in [0.5, 0.6) is 11.5 Å². The number of nitrogens with zero attached hydrogens (tertiary/aromatic N) is 1. The van der Waals surface area contributed by atoms with Gasteiger partial charge in [0.05, 0.1) is 20.3 Å². The highest BCUT2D eigenvalue weighted by atomic mass is 16.6. The Bertz CT molecular complexity index is 852. The van der Waals surface area contributed by atoms with Crippen LogP contribution in [0.2, 0.25) is 0 Å². The molecule has 2 aromatic rings. The van der Waals surface area contributed by atoms with E-state index in [1.165, 1.54) is 13.2 Å². The lowest BCUT2D eigenvalue weighted by Gasteiger charge is -2.13. The van der Waals surface area contributed by atoms with Crippen LogP contribution >= 0.6 is 0 Å². The molecule has 0 amide bonds. The predicted octanol–water partition coefficient (Wildman–Crippen LogP) is 3.55. The van der Waals surface area contributed by atoms with Crippen molar-refractivity contribution in [2.24, 2.45) is 0 Å². The van der Waals surface area contributed by atoms with Gasteiger partial charge >= 0.3 is 5.97 Å². The van der Waals surface area contributed by atoms with Crippen LogP contribution in [0.1, 0.15) is 11.1 Å². The Morgan fingerprint density at radius 2 is 2.08 bits per heavy atom. The monoisotopic (exact) mass is 353 g/mol. The first kappa shape index (κ1) is 19.0. The summed E-state index contributed by atoms with van der Waals surface area (Å²) in [5.41, 5.74) is 2.15. The van der Waals surface area contributed by atoms with Crippen molar-refractivity contribution >= 4 is 11.7 Å². The Morgan fingerprint density at radius 1 is 1.27 bits per heavy atom. The zero-order valence-electron chi connectivity index (χ0n) is 14.6. The van der Waals surface area contributed by atoms with E-state index in [1.807, 2.05) is 19.1 Å². The Morgan fingerprint density at radius 3 is 2.77 bits per heavy atom. The van der Waals surface area contributed by atoms with Crippen molar-refractivity contribution < 1.29 is 24.1 Å². The minimum absolute atomic E-state index is 0.0825. The van der Waals surface area contributed by atoms with Gasteiger partial charge in [-0.25, -0.2) is 9.64 Å². The number of hydrogen-bond acceptors (Lipinski definition) is 5. The summed E-state index contributed by atoms with van der Waals surface area (Å²) in [6.45, 7) is 8.80. The Balaban J connectivity index is 2.14. The van der Waals surface area contributed by atoms with Gasteiger partial charge in [-0.05, 0) is 42.3 Å². The van der Waals surface area contributed by atoms with Gasteiger partial charge in [-0.2, -0.15) is 0 Å². The van der Waals surface area contributed by atoms with Crippen LogP contribution in [0.15, 0.2) is 54.3 Å². The SMILES string of the molecule is [C-]#[N+]c1cccc(OCc2ccc(C)c(O/C(=C\CO)C(=O)OC)c2)c1. The molecule has 0 bridgehead atoms. The number of carbonyl (C=O) groups is 1. The summed E-state index contributed by atoms with van der Waals surface area (Å²) >= 11 is 0. The number of esters is 1. The van der Waals surface area contributed by atoms with Gasteiger partial charge in [-0.1, -0.05) is 24.3 Å². The molecule has 0 heterocycles. The molecule has 0 fully saturated rings. The van der Waals surface area contributed by atoms with Crippen molar-refractivity contribution in [2.45, 2.75) is 13.5 Å². The molecule has 0 aliphatic heterocycles. The standard InChI is InChI=1S/C20H19NO5/c1-14-7-8-15(13-25-17-6-4-5-16(12-17)21-2)11-19(14)26-18(9-10-22)20(23)24-3/h4-9,11-12,22H,10,13H2,1,3H3/b18-9-. The first-order chi connectivity index (χ1) is 12.6. The molecule has 2 rings (SSSR count). The van der Waals surface area contributed by atoms with Crippen LogP contribution < -0.4 is 9.47 Å². The topological polar surface area (TPSA) is 69.3 Å². The van der Waals surface area contributed by atoms with Gasteiger partial charge in [-0.3, -0.25) is 0 Å². The van der Waals surface area contributed by atoms with Crippen molar-refractivity contribution in [3.05, 3.63) is 76.8 Å². The zero-order chi connectivity index (χ0) is 18.9. The molecule has 0 radical (unpaired) electrons. The lowest BCUT2D eigenvalue weighted by atomic mass is 10.1. The third-order valence-corrected chi connectivity index (χ3v) is 3.49. The molecule has 0 aliphatic rings. The first-order valence-electron chi connectivity index (χ1n) is 7.84. The fraction of sp³-hybridized carbons (Fsp3) is 0.200. The van der Waals surface area contributed by atoms with Crippen molar-refractivity contribution in [3.63, 3.8) is 0 Å². The van der Waals surface area contributed by atoms with E-state index in [9.17, 15) is 4.79 Å². The Labute approximate surface area is 152 Å². The molecule has 0 saturated carbocycles. The number of aryl methyl sites for hydroxylation is 1. The maximum absolute atomic E-state index is 11.7. The molecule has 0 aromatic heterocycles. The summed E-state index contributed by atoms with van der Waals surface area (Å²) in [5.74, 6) is 0.306. The van der Waals surface area contributed by atoms with Crippen LogP contribution in [0.25, 0.3) is 4.85 Å². The lowest BCUT2D eigenvalue weighted by Crippen LogP contribution is -2.12. The first-order valence-corrected chi connectivity index (χ1v) is 7.84. The van der Waals surface area contributed by atoms with E-state index in [4.69, 9.17) is 21.2 Å². The van der Waals surface area contributed by atoms with Crippen molar-refractivity contribution in [2.75, 3.05) is 13.7 Å². The van der Waals surface area contributed by atoms with Crippen LogP contribution in [-0.2, 0) is 16.1 Å². The number of methoxy groups -OCH3 is 1. The second kappa shape index (κ2) is 9.25. The van der Waals surface area contributed by atoms with E-state index < -0.39 is 5.97 Å². The minimum Gasteiger partial charge on any atom is -0.490 e. The number of carbonyl (C=O) groups excluding carboxylic acids is 1. The van der Waals surface area contributed by atoms with E-state index in [1.54, 1.807) is 30.3 Å². The van der Waals surface area contributed by atoms with Crippen molar-refractivity contribution in [1.82, 2.24) is 0 Å². The normalized spacial score (nSPS) is 10.8. The highest BCUT2D eigenvalue weighted by Gasteiger charge is 2.14. The number of aliphatic hydroxyl groups is 1. The molecule has 6 nitrogen and oxygen atoms in total. The van der Waals surface area contributed by atoms with E-state index in [-0.39, 0.29) is 19.0 Å². The summed E-state index contributed by atoms with van der Waals surface area (Å²) in [6.07, 6.45) is 1.24. The fourth-order valence-corrected chi connectivity index (χ4v) is 2.12. The van der Waals surface area contributed by atoms with Crippen LogP contribution in [0, 0.1) is 13.5 Å². The smallest absolute Gasteiger partial charge is 0.373 e. The summed E-state index contributed by atoms with van der Waals surface area (Å²) in [6, 6.07) is 12.4. The summed E-state index contributed by atoms with van der Waals surface area (Å²) in [5, 5.41) is 9.03. The molecule has 0 aliphatic carbocycles. The van der Waals surface area contributed by atoms with Gasteiger partial charge in [0.15, 0.2) is 5.69 Å². The maximum Gasteiger partial charge on any atom is 0.373 e. The van der Waals surface area contributed by atoms with E-state index in [2.05, 4.69) is 9.58 Å². The molecule has 0 atom stereocenters. The Hall–Kier alpha value is -3.30. The van der Waals surface area contributed by atoms with Gasteiger partial charge in [0.25, 0.3) is 0 Å². The van der Waals surface area contributed by atoms with E-state index in [0.29, 0.717) is 17.2 Å². The molecule has 26 heavy (non-hydrogen) atoms. The number of rotatable bonds is 7. The summed E-state index contributed by atoms with van der Waals surface area (Å²) in [7, 11) is 1.24. The number of hydrogen-bond donors (Lipinski definition) is 1. The van der Waals surface area contributed by atoms with Gasteiger partial charge in [0.2, 0.25) is 5.76 Å².